The molecule has 1 heterocycles. The van der Waals surface area contributed by atoms with Gasteiger partial charge < -0.3 is 9.15 Å². The zero-order chi connectivity index (χ0) is 17.4. The Morgan fingerprint density at radius 2 is 1.72 bits per heavy atom. The summed E-state index contributed by atoms with van der Waals surface area (Å²) >= 11 is 0. The largest absolute Gasteiger partial charge is 0.482 e. The van der Waals surface area contributed by atoms with Crippen molar-refractivity contribution in [2.24, 2.45) is 0 Å². The van der Waals surface area contributed by atoms with Crippen LogP contribution >= 0.6 is 0 Å². The number of hydrogen-bond acceptors (Lipinski definition) is 4. The smallest absolute Gasteiger partial charge is 0.339 e. The molecule has 4 heteroatoms. The third kappa shape index (κ3) is 2.99. The average Bonchev–Trinajstić information content (AvgIpc) is 2.86. The molecule has 25 heavy (non-hydrogen) atoms. The summed E-state index contributed by atoms with van der Waals surface area (Å²) in [5.74, 6) is 0.832. The molecule has 0 amide bonds. The summed E-state index contributed by atoms with van der Waals surface area (Å²) < 4.78 is 11.7. The summed E-state index contributed by atoms with van der Waals surface area (Å²) in [4.78, 5) is 24.5. The number of hydrogen-bond donors (Lipinski definition) is 0. The number of aryl methyl sites for hydroxylation is 2. The molecule has 132 valence electrons. The molecule has 2 aliphatic rings. The number of ether oxygens (including phenoxy) is 1. The van der Waals surface area contributed by atoms with Crippen molar-refractivity contribution in [3.8, 4) is 5.75 Å². The van der Waals surface area contributed by atoms with Crippen molar-refractivity contribution in [3.63, 3.8) is 0 Å². The summed E-state index contributed by atoms with van der Waals surface area (Å²) in [6.45, 7) is 1.91. The van der Waals surface area contributed by atoms with E-state index in [9.17, 15) is 9.59 Å². The molecule has 2 aromatic rings. The first-order valence-electron chi connectivity index (χ1n) is 9.42. The molecule has 0 aliphatic heterocycles. The SMILES string of the molecule is Cc1c(O[C@@H]2CCCCC2=O)ccc2c3c(c(=O)oc12)CCCCC3. The molecule has 0 spiro atoms. The van der Waals surface area contributed by atoms with Crippen LogP contribution in [0.4, 0.5) is 0 Å². The van der Waals surface area contributed by atoms with E-state index in [1.807, 2.05) is 19.1 Å². The monoisotopic (exact) mass is 340 g/mol. The van der Waals surface area contributed by atoms with Crippen LogP contribution in [-0.2, 0) is 17.6 Å². The highest BCUT2D eigenvalue weighted by molar-refractivity contribution is 5.87. The highest BCUT2D eigenvalue weighted by atomic mass is 16.5. The van der Waals surface area contributed by atoms with Gasteiger partial charge in [-0.15, -0.1) is 0 Å². The fourth-order valence-electron chi connectivity index (χ4n) is 4.16. The van der Waals surface area contributed by atoms with E-state index in [1.165, 1.54) is 0 Å². The molecule has 1 atom stereocenters. The first kappa shape index (κ1) is 16.4. The van der Waals surface area contributed by atoms with E-state index in [1.54, 1.807) is 0 Å². The van der Waals surface area contributed by atoms with Gasteiger partial charge >= 0.3 is 5.63 Å². The van der Waals surface area contributed by atoms with Crippen molar-refractivity contribution in [1.29, 1.82) is 0 Å². The summed E-state index contributed by atoms with van der Waals surface area (Å²) in [6.07, 6.45) is 8.02. The van der Waals surface area contributed by atoms with Gasteiger partial charge in [0.05, 0.1) is 0 Å². The lowest BCUT2D eigenvalue weighted by molar-refractivity contribution is -0.127. The number of rotatable bonds is 2. The van der Waals surface area contributed by atoms with Gasteiger partial charge in [-0.3, -0.25) is 4.79 Å². The predicted octanol–water partition coefficient (Wildman–Crippen LogP) is 4.26. The van der Waals surface area contributed by atoms with E-state index < -0.39 is 0 Å². The zero-order valence-electron chi connectivity index (χ0n) is 14.7. The maximum Gasteiger partial charge on any atom is 0.339 e. The van der Waals surface area contributed by atoms with Gasteiger partial charge in [0.25, 0.3) is 0 Å². The Labute approximate surface area is 147 Å². The number of benzene rings is 1. The third-order valence-electron chi connectivity index (χ3n) is 5.61. The molecule has 4 nitrogen and oxygen atoms in total. The van der Waals surface area contributed by atoms with Gasteiger partial charge in [-0.2, -0.15) is 0 Å². The van der Waals surface area contributed by atoms with Crippen molar-refractivity contribution in [2.75, 3.05) is 0 Å². The maximum absolute atomic E-state index is 12.5. The molecule has 0 radical (unpaired) electrons. The summed E-state index contributed by atoms with van der Waals surface area (Å²) in [5, 5.41) is 1.02. The normalized spacial score (nSPS) is 21.0. The second-order valence-electron chi connectivity index (χ2n) is 7.29. The quantitative estimate of drug-likeness (QED) is 0.605. The molecule has 1 saturated carbocycles. The molecule has 0 bridgehead atoms. The van der Waals surface area contributed by atoms with Gasteiger partial charge in [0.1, 0.15) is 11.3 Å². The summed E-state index contributed by atoms with van der Waals surface area (Å²) in [7, 11) is 0. The maximum atomic E-state index is 12.5. The molecule has 1 aromatic heterocycles. The number of carbonyl (C=O) groups is 1. The van der Waals surface area contributed by atoms with Gasteiger partial charge in [0.15, 0.2) is 11.9 Å². The van der Waals surface area contributed by atoms with E-state index in [0.717, 1.165) is 73.4 Å². The number of carbonyl (C=O) groups excluding carboxylic acids is 1. The Hall–Kier alpha value is -2.10. The van der Waals surface area contributed by atoms with Crippen LogP contribution in [0.3, 0.4) is 0 Å². The average molecular weight is 340 g/mol. The minimum Gasteiger partial charge on any atom is -0.482 e. The van der Waals surface area contributed by atoms with Crippen molar-refractivity contribution >= 4 is 16.8 Å². The Balaban J connectivity index is 1.78. The Morgan fingerprint density at radius 3 is 2.52 bits per heavy atom. The molecule has 4 rings (SSSR count). The fourth-order valence-corrected chi connectivity index (χ4v) is 4.16. The first-order valence-corrected chi connectivity index (χ1v) is 9.42. The van der Waals surface area contributed by atoms with E-state index >= 15 is 0 Å². The van der Waals surface area contributed by atoms with E-state index in [0.29, 0.717) is 17.8 Å². The van der Waals surface area contributed by atoms with Crippen LogP contribution < -0.4 is 10.4 Å². The van der Waals surface area contributed by atoms with Crippen molar-refractivity contribution < 1.29 is 13.9 Å². The lowest BCUT2D eigenvalue weighted by Crippen LogP contribution is -2.30. The van der Waals surface area contributed by atoms with E-state index in [4.69, 9.17) is 9.15 Å². The minimum absolute atomic E-state index is 0.175. The molecule has 0 saturated heterocycles. The van der Waals surface area contributed by atoms with Crippen LogP contribution in [0, 0.1) is 6.92 Å². The second-order valence-corrected chi connectivity index (χ2v) is 7.29. The highest BCUT2D eigenvalue weighted by Gasteiger charge is 2.25. The standard InChI is InChI=1S/C21H24O4/c1-13-18(24-19-10-6-5-9-17(19)22)12-11-15-14-7-3-2-4-8-16(14)21(23)25-20(13)15/h11-12,19H,2-10H2,1H3/t19-/m1/s1. The van der Waals surface area contributed by atoms with Gasteiger partial charge in [-0.1, -0.05) is 6.42 Å². The second kappa shape index (κ2) is 6.66. The van der Waals surface area contributed by atoms with Gasteiger partial charge in [0, 0.05) is 22.9 Å². The van der Waals surface area contributed by atoms with Crippen molar-refractivity contribution in [3.05, 3.63) is 39.2 Å². The van der Waals surface area contributed by atoms with Gasteiger partial charge in [-0.05, 0) is 69.6 Å². The minimum atomic E-state index is -0.363. The van der Waals surface area contributed by atoms with Crippen LogP contribution in [-0.4, -0.2) is 11.9 Å². The fraction of sp³-hybridized carbons (Fsp3) is 0.524. The number of fused-ring (bicyclic) bond motifs is 3. The van der Waals surface area contributed by atoms with Gasteiger partial charge in [0.2, 0.25) is 0 Å². The Bertz CT molecular complexity index is 878. The molecule has 1 aromatic carbocycles. The van der Waals surface area contributed by atoms with Crippen molar-refractivity contribution in [1.82, 2.24) is 0 Å². The van der Waals surface area contributed by atoms with Crippen molar-refractivity contribution in [2.45, 2.75) is 70.8 Å². The zero-order valence-corrected chi connectivity index (χ0v) is 14.7. The molecule has 2 aliphatic carbocycles. The summed E-state index contributed by atoms with van der Waals surface area (Å²) in [5.41, 5.74) is 3.22. The Kier molecular flexibility index (Phi) is 4.36. The molecular weight excluding hydrogens is 316 g/mol. The van der Waals surface area contributed by atoms with E-state index in [-0.39, 0.29) is 17.5 Å². The van der Waals surface area contributed by atoms with Crippen LogP contribution in [0.2, 0.25) is 0 Å². The summed E-state index contributed by atoms with van der Waals surface area (Å²) in [6, 6.07) is 3.93. The number of Topliss-reactive ketones (excluding diaryl/α,β-unsaturated/α-hetero) is 1. The Morgan fingerprint density at radius 1 is 0.960 bits per heavy atom. The van der Waals surface area contributed by atoms with Crippen LogP contribution in [0.1, 0.15) is 61.6 Å². The lowest BCUT2D eigenvalue weighted by atomic mass is 9.96. The lowest BCUT2D eigenvalue weighted by Gasteiger charge is -2.23. The van der Waals surface area contributed by atoms with E-state index in [2.05, 4.69) is 0 Å². The molecule has 0 unspecified atom stereocenters. The predicted molar refractivity (Wildman–Crippen MR) is 96.4 cm³/mol. The first-order chi connectivity index (χ1) is 12.1. The third-order valence-corrected chi connectivity index (χ3v) is 5.61. The van der Waals surface area contributed by atoms with Crippen LogP contribution in [0.5, 0.6) is 5.75 Å². The highest BCUT2D eigenvalue weighted by Crippen LogP contribution is 2.33. The number of ketones is 1. The molecule has 1 fully saturated rings. The van der Waals surface area contributed by atoms with Crippen LogP contribution in [0.15, 0.2) is 21.3 Å². The topological polar surface area (TPSA) is 56.5 Å². The van der Waals surface area contributed by atoms with Crippen LogP contribution in [0.25, 0.3) is 11.0 Å². The molecule has 0 N–H and O–H groups in total. The van der Waals surface area contributed by atoms with Gasteiger partial charge in [-0.25, -0.2) is 4.79 Å². The molecular formula is C21H24O4.